The Morgan fingerprint density at radius 2 is 1.97 bits per heavy atom. The molecule has 0 amide bonds. The third-order valence-electron chi connectivity index (χ3n) is 4.90. The van der Waals surface area contributed by atoms with Crippen LogP contribution in [0, 0.1) is 0 Å². The van der Waals surface area contributed by atoms with Crippen LogP contribution in [-0.2, 0) is 6.54 Å². The van der Waals surface area contributed by atoms with E-state index in [1.807, 2.05) is 12.1 Å². The number of nitrogens with zero attached hydrogens (tertiary/aromatic N) is 5. The van der Waals surface area contributed by atoms with Crippen LogP contribution in [0.25, 0.3) is 16.9 Å². The fourth-order valence-corrected chi connectivity index (χ4v) is 3.66. The van der Waals surface area contributed by atoms with E-state index in [0.29, 0.717) is 17.9 Å². The van der Waals surface area contributed by atoms with Crippen molar-refractivity contribution in [2.24, 2.45) is 5.73 Å². The number of rotatable bonds is 5. The molecule has 30 heavy (non-hydrogen) atoms. The van der Waals surface area contributed by atoms with Crippen molar-refractivity contribution in [3.63, 3.8) is 0 Å². The highest BCUT2D eigenvalue weighted by atomic mass is 19.4. The number of benzene rings is 1. The summed E-state index contributed by atoms with van der Waals surface area (Å²) in [7, 11) is 0. The van der Waals surface area contributed by atoms with Gasteiger partial charge in [-0.1, -0.05) is 11.3 Å². The Labute approximate surface area is 171 Å². The summed E-state index contributed by atoms with van der Waals surface area (Å²) in [6, 6.07) is 9.42. The summed E-state index contributed by atoms with van der Waals surface area (Å²) in [4.78, 5) is 6.26. The molecule has 1 aliphatic heterocycles. The zero-order chi connectivity index (χ0) is 21.1. The highest BCUT2D eigenvalue weighted by molar-refractivity contribution is 5.64. The minimum absolute atomic E-state index is 0.120. The van der Waals surface area contributed by atoms with Crippen molar-refractivity contribution in [3.05, 3.63) is 54.5 Å². The van der Waals surface area contributed by atoms with Crippen LogP contribution < -0.4 is 10.5 Å². The van der Waals surface area contributed by atoms with Gasteiger partial charge in [-0.3, -0.25) is 9.88 Å². The molecule has 0 bridgehead atoms. The van der Waals surface area contributed by atoms with Gasteiger partial charge in [-0.05, 0) is 43.7 Å². The number of aromatic nitrogens is 4. The van der Waals surface area contributed by atoms with E-state index >= 15 is 0 Å². The lowest BCUT2D eigenvalue weighted by molar-refractivity contribution is -0.274. The van der Waals surface area contributed by atoms with Crippen LogP contribution in [-0.4, -0.2) is 50.4 Å². The molecule has 0 spiro atoms. The summed E-state index contributed by atoms with van der Waals surface area (Å²) in [6.45, 7) is 2.22. The van der Waals surface area contributed by atoms with Crippen LogP contribution in [0.3, 0.4) is 0 Å². The summed E-state index contributed by atoms with van der Waals surface area (Å²) in [5.41, 5.74) is 8.74. The SMILES string of the molecule is NC1CCCN(Cc2nnn(-c3cccc(OC(F)(F)F)c3)c2-c2ccncc2)C1. The first-order chi connectivity index (χ1) is 14.4. The van der Waals surface area contributed by atoms with Gasteiger partial charge in [-0.2, -0.15) is 0 Å². The largest absolute Gasteiger partial charge is 0.573 e. The van der Waals surface area contributed by atoms with E-state index in [1.165, 1.54) is 22.9 Å². The zero-order valence-electron chi connectivity index (χ0n) is 16.1. The summed E-state index contributed by atoms with van der Waals surface area (Å²) in [6.07, 6.45) is 0.531. The lowest BCUT2D eigenvalue weighted by Crippen LogP contribution is -2.42. The molecule has 7 nitrogen and oxygen atoms in total. The molecular formula is C20H21F3N6O. The summed E-state index contributed by atoms with van der Waals surface area (Å²) in [5, 5.41) is 8.58. The Balaban J connectivity index is 1.72. The number of likely N-dealkylation sites (tertiary alicyclic amines) is 1. The molecule has 3 aromatic rings. The smallest absolute Gasteiger partial charge is 0.406 e. The van der Waals surface area contributed by atoms with Gasteiger partial charge in [0.25, 0.3) is 0 Å². The maximum absolute atomic E-state index is 12.6. The Kier molecular flexibility index (Phi) is 5.69. The van der Waals surface area contributed by atoms with Crippen molar-refractivity contribution < 1.29 is 17.9 Å². The molecule has 2 N–H and O–H groups in total. The standard InChI is InChI=1S/C20H21F3N6O/c21-20(22,23)30-17-5-1-4-16(11-17)29-19(14-6-8-25-9-7-14)18(26-27-29)13-28-10-2-3-15(24)12-28/h1,4-9,11,15H,2-3,10,12-13,24H2. The van der Waals surface area contributed by atoms with Crippen LogP contribution in [0.2, 0.25) is 0 Å². The van der Waals surface area contributed by atoms with Crippen LogP contribution in [0.1, 0.15) is 18.5 Å². The van der Waals surface area contributed by atoms with Gasteiger partial charge in [0, 0.05) is 43.2 Å². The van der Waals surface area contributed by atoms with Crippen LogP contribution in [0.5, 0.6) is 5.75 Å². The van der Waals surface area contributed by atoms with Gasteiger partial charge < -0.3 is 10.5 Å². The number of halogens is 3. The van der Waals surface area contributed by atoms with Gasteiger partial charge in [-0.15, -0.1) is 18.3 Å². The van der Waals surface area contributed by atoms with Gasteiger partial charge in [-0.25, -0.2) is 4.68 Å². The van der Waals surface area contributed by atoms with E-state index < -0.39 is 6.36 Å². The third-order valence-corrected chi connectivity index (χ3v) is 4.90. The zero-order valence-corrected chi connectivity index (χ0v) is 16.1. The molecule has 4 rings (SSSR count). The normalized spacial score (nSPS) is 17.8. The molecule has 0 radical (unpaired) electrons. The van der Waals surface area contributed by atoms with E-state index in [4.69, 9.17) is 5.73 Å². The topological polar surface area (TPSA) is 82.1 Å². The van der Waals surface area contributed by atoms with Crippen LogP contribution in [0.4, 0.5) is 13.2 Å². The van der Waals surface area contributed by atoms with Crippen molar-refractivity contribution >= 4 is 0 Å². The Morgan fingerprint density at radius 3 is 2.70 bits per heavy atom. The summed E-state index contributed by atoms with van der Waals surface area (Å²) >= 11 is 0. The number of pyridine rings is 1. The van der Waals surface area contributed by atoms with E-state index in [0.717, 1.165) is 37.2 Å². The molecule has 0 saturated carbocycles. The Hall–Kier alpha value is -2.98. The number of piperidine rings is 1. The molecule has 1 aromatic carbocycles. The monoisotopic (exact) mass is 418 g/mol. The maximum Gasteiger partial charge on any atom is 0.573 e. The second-order valence-electron chi connectivity index (χ2n) is 7.22. The number of hydrogen-bond donors (Lipinski definition) is 1. The predicted octanol–water partition coefficient (Wildman–Crippen LogP) is 3.15. The first-order valence-corrected chi connectivity index (χ1v) is 9.58. The van der Waals surface area contributed by atoms with Gasteiger partial charge in [0.15, 0.2) is 0 Å². The van der Waals surface area contributed by atoms with Crippen molar-refractivity contribution in [3.8, 4) is 22.7 Å². The number of nitrogens with two attached hydrogens (primary N) is 1. The summed E-state index contributed by atoms with van der Waals surface area (Å²) in [5.74, 6) is -0.320. The quantitative estimate of drug-likeness (QED) is 0.686. The van der Waals surface area contributed by atoms with E-state index in [9.17, 15) is 13.2 Å². The average Bonchev–Trinajstić information content (AvgIpc) is 3.11. The molecule has 1 saturated heterocycles. The lowest BCUT2D eigenvalue weighted by Gasteiger charge is -2.30. The van der Waals surface area contributed by atoms with Crippen LogP contribution in [0.15, 0.2) is 48.8 Å². The van der Waals surface area contributed by atoms with Gasteiger partial charge in [0.1, 0.15) is 11.4 Å². The van der Waals surface area contributed by atoms with Crippen molar-refractivity contribution in [2.45, 2.75) is 31.8 Å². The molecule has 10 heteroatoms. The second-order valence-corrected chi connectivity index (χ2v) is 7.22. The molecule has 1 aliphatic rings. The predicted molar refractivity (Wildman–Crippen MR) is 104 cm³/mol. The minimum Gasteiger partial charge on any atom is -0.406 e. The van der Waals surface area contributed by atoms with Crippen molar-refractivity contribution in [1.82, 2.24) is 24.9 Å². The number of ether oxygens (including phenoxy) is 1. The van der Waals surface area contributed by atoms with Gasteiger partial charge in [0.05, 0.1) is 11.4 Å². The van der Waals surface area contributed by atoms with Crippen molar-refractivity contribution in [2.75, 3.05) is 13.1 Å². The number of alkyl halides is 3. The molecular weight excluding hydrogens is 397 g/mol. The molecule has 1 atom stereocenters. The highest BCUT2D eigenvalue weighted by Crippen LogP contribution is 2.29. The fourth-order valence-electron chi connectivity index (χ4n) is 3.66. The molecule has 2 aromatic heterocycles. The van der Waals surface area contributed by atoms with E-state index in [2.05, 4.69) is 24.9 Å². The second kappa shape index (κ2) is 8.41. The van der Waals surface area contributed by atoms with Crippen molar-refractivity contribution in [1.29, 1.82) is 0 Å². The molecule has 0 aliphatic carbocycles. The number of hydrogen-bond acceptors (Lipinski definition) is 6. The fraction of sp³-hybridized carbons (Fsp3) is 0.350. The first kappa shape index (κ1) is 20.3. The van der Waals surface area contributed by atoms with Gasteiger partial charge >= 0.3 is 6.36 Å². The molecule has 1 unspecified atom stereocenters. The molecule has 3 heterocycles. The molecule has 158 valence electrons. The average molecular weight is 418 g/mol. The van der Waals surface area contributed by atoms with Crippen LogP contribution >= 0.6 is 0 Å². The maximum atomic E-state index is 12.6. The Bertz CT molecular complexity index is 992. The summed E-state index contributed by atoms with van der Waals surface area (Å²) < 4.78 is 43.5. The molecule has 1 fully saturated rings. The first-order valence-electron chi connectivity index (χ1n) is 9.58. The Morgan fingerprint density at radius 1 is 1.17 bits per heavy atom. The van der Waals surface area contributed by atoms with E-state index in [1.54, 1.807) is 18.5 Å². The highest BCUT2D eigenvalue weighted by Gasteiger charge is 2.31. The third kappa shape index (κ3) is 4.77. The lowest BCUT2D eigenvalue weighted by atomic mass is 10.1. The van der Waals surface area contributed by atoms with Gasteiger partial charge in [0.2, 0.25) is 0 Å². The van der Waals surface area contributed by atoms with E-state index in [-0.39, 0.29) is 11.8 Å². The minimum atomic E-state index is -4.77.